The van der Waals surface area contributed by atoms with Crippen LogP contribution in [0.5, 0.6) is 17.2 Å². The van der Waals surface area contributed by atoms with Crippen LogP contribution in [0.15, 0.2) is 111 Å². The van der Waals surface area contributed by atoms with Crippen LogP contribution < -0.4 is 15.4 Å². The Morgan fingerprint density at radius 3 is 2.15 bits per heavy atom. The molecule has 48 heavy (non-hydrogen) atoms. The largest absolute Gasteiger partial charge is 0.507 e. The summed E-state index contributed by atoms with van der Waals surface area (Å²) in [7, 11) is 1.49. The normalized spacial score (nSPS) is 11.5. The zero-order valence-corrected chi connectivity index (χ0v) is 27.2. The first-order valence-electron chi connectivity index (χ1n) is 15.2. The second-order valence-corrected chi connectivity index (χ2v) is 11.6. The number of nitrogens with zero attached hydrogens (tertiary/aromatic N) is 4. The van der Waals surface area contributed by atoms with Crippen LogP contribution in [0.2, 0.25) is 0 Å². The molecular weight excluding hydrogens is 604 g/mol. The molecule has 0 radical (unpaired) electrons. The smallest absolute Gasteiger partial charge is 0.221 e. The number of para-hydroxylation sites is 1. The van der Waals surface area contributed by atoms with E-state index in [1.165, 1.54) is 14.0 Å². The molecule has 6 rings (SSSR count). The predicted molar refractivity (Wildman–Crippen MR) is 191 cm³/mol. The summed E-state index contributed by atoms with van der Waals surface area (Å²) in [5.74, 6) is 0.0999. The predicted octanol–water partition coefficient (Wildman–Crippen LogP) is 10.9. The molecule has 6 aromatic carbocycles. The van der Waals surface area contributed by atoms with Gasteiger partial charge in [-0.3, -0.25) is 4.79 Å². The number of nitrogens with one attached hydrogen (secondary N) is 2. The lowest BCUT2D eigenvalue weighted by Crippen LogP contribution is -2.05. The molecule has 0 fully saturated rings. The Balaban J connectivity index is 1.36. The average Bonchev–Trinajstić information content (AvgIpc) is 3.03. The first-order chi connectivity index (χ1) is 23.1. The van der Waals surface area contributed by atoms with Gasteiger partial charge >= 0.3 is 0 Å². The van der Waals surface area contributed by atoms with Gasteiger partial charge in [0.25, 0.3) is 0 Å². The van der Waals surface area contributed by atoms with Crippen molar-refractivity contribution in [3.05, 3.63) is 108 Å². The summed E-state index contributed by atoms with van der Waals surface area (Å²) < 4.78 is 5.62. The molecule has 10 nitrogen and oxygen atoms in total. The number of fused-ring (bicyclic) bond motifs is 2. The Morgan fingerprint density at radius 2 is 1.42 bits per heavy atom. The molecule has 0 atom stereocenters. The van der Waals surface area contributed by atoms with Crippen LogP contribution in [0.3, 0.4) is 0 Å². The number of ether oxygens (including phenoxy) is 1. The second kappa shape index (κ2) is 13.2. The average molecular weight is 639 g/mol. The second-order valence-electron chi connectivity index (χ2n) is 11.6. The summed E-state index contributed by atoms with van der Waals surface area (Å²) in [5.41, 5.74) is 6.16. The van der Waals surface area contributed by atoms with Gasteiger partial charge in [-0.1, -0.05) is 30.3 Å². The van der Waals surface area contributed by atoms with Crippen molar-refractivity contribution in [1.29, 1.82) is 0 Å². The first kappa shape index (κ1) is 31.7. The minimum atomic E-state index is -0.322. The van der Waals surface area contributed by atoms with Crippen molar-refractivity contribution in [3.8, 4) is 17.2 Å². The van der Waals surface area contributed by atoms with Crippen LogP contribution in [0, 0.1) is 20.8 Å². The van der Waals surface area contributed by atoms with Gasteiger partial charge in [-0.25, -0.2) is 0 Å². The number of anilines is 3. The third-order valence-corrected chi connectivity index (χ3v) is 7.77. The van der Waals surface area contributed by atoms with E-state index in [0.29, 0.717) is 45.0 Å². The number of rotatable bonds is 8. The summed E-state index contributed by atoms with van der Waals surface area (Å²) in [5, 5.41) is 48.7. The van der Waals surface area contributed by atoms with E-state index in [1.807, 2.05) is 93.6 Å². The number of carbonyl (C=O) groups excluding carboxylic acids is 1. The molecule has 0 saturated carbocycles. The zero-order chi connectivity index (χ0) is 33.9. The molecule has 0 bridgehead atoms. The van der Waals surface area contributed by atoms with Gasteiger partial charge in [0, 0.05) is 29.8 Å². The maximum atomic E-state index is 12.2. The maximum Gasteiger partial charge on any atom is 0.221 e. The molecule has 4 N–H and O–H groups in total. The Labute approximate surface area is 277 Å². The standard InChI is InChI=1S/C38H34N6O4/c1-21-13-26-14-22(2)16-34(46)36(26)33(15-21)43-41-31-20-35(48-5)32(19-30(31)39-24(4)45)42-44-37-23(3)17-25-18-28(11-12-29(25)38(37)47)40-27-9-7-6-8-10-27/h6-20,40,46-47H,1-5H3,(H,39,45). The summed E-state index contributed by atoms with van der Waals surface area (Å²) >= 11 is 0. The molecule has 0 aliphatic rings. The third kappa shape index (κ3) is 6.63. The lowest BCUT2D eigenvalue weighted by atomic mass is 10.0. The summed E-state index contributed by atoms with van der Waals surface area (Å²) in [6.45, 7) is 7.09. The number of azo groups is 2. The molecule has 0 aliphatic heterocycles. The molecule has 10 heteroatoms. The number of methoxy groups -OCH3 is 1. The number of phenolic OH excluding ortho intramolecular Hbond substituents is 2. The van der Waals surface area contributed by atoms with Gasteiger partial charge in [-0.15, -0.1) is 20.5 Å². The van der Waals surface area contributed by atoms with Crippen molar-refractivity contribution in [2.24, 2.45) is 20.5 Å². The minimum Gasteiger partial charge on any atom is -0.507 e. The molecule has 0 saturated heterocycles. The van der Waals surface area contributed by atoms with Crippen molar-refractivity contribution in [2.75, 3.05) is 17.7 Å². The Kier molecular flexibility index (Phi) is 8.72. The molecule has 0 aromatic heterocycles. The number of hydrogen-bond donors (Lipinski definition) is 4. The van der Waals surface area contributed by atoms with Crippen LogP contribution in [0.25, 0.3) is 21.5 Å². The summed E-state index contributed by atoms with van der Waals surface area (Å²) in [4.78, 5) is 12.2. The summed E-state index contributed by atoms with van der Waals surface area (Å²) in [6, 6.07) is 28.1. The number of aryl methyl sites for hydroxylation is 3. The van der Waals surface area contributed by atoms with Gasteiger partial charge in [0.1, 0.15) is 28.6 Å². The van der Waals surface area contributed by atoms with E-state index in [-0.39, 0.29) is 17.4 Å². The van der Waals surface area contributed by atoms with Gasteiger partial charge in [0.05, 0.1) is 23.9 Å². The van der Waals surface area contributed by atoms with E-state index in [9.17, 15) is 15.0 Å². The SMILES string of the molecule is COc1cc(N=Nc2cc(C)cc3cc(C)cc(O)c23)c(NC(C)=O)cc1N=Nc1c(C)cc2cc(Nc3ccccc3)ccc2c1O. The van der Waals surface area contributed by atoms with Crippen molar-refractivity contribution < 1.29 is 19.7 Å². The van der Waals surface area contributed by atoms with Crippen LogP contribution in [-0.2, 0) is 4.79 Å². The highest BCUT2D eigenvalue weighted by Crippen LogP contribution is 2.44. The number of amides is 1. The van der Waals surface area contributed by atoms with E-state index in [2.05, 4.69) is 31.1 Å². The molecule has 1 amide bonds. The van der Waals surface area contributed by atoms with Crippen molar-refractivity contribution in [2.45, 2.75) is 27.7 Å². The molecule has 6 aromatic rings. The van der Waals surface area contributed by atoms with Gasteiger partial charge < -0.3 is 25.6 Å². The highest BCUT2D eigenvalue weighted by atomic mass is 16.5. The lowest BCUT2D eigenvalue weighted by molar-refractivity contribution is -0.114. The van der Waals surface area contributed by atoms with E-state index < -0.39 is 0 Å². The van der Waals surface area contributed by atoms with Crippen LogP contribution >= 0.6 is 0 Å². The van der Waals surface area contributed by atoms with Crippen LogP contribution in [0.4, 0.5) is 39.8 Å². The number of phenols is 2. The Bertz CT molecular complexity index is 2260. The van der Waals surface area contributed by atoms with E-state index >= 15 is 0 Å². The fourth-order valence-electron chi connectivity index (χ4n) is 5.63. The van der Waals surface area contributed by atoms with Gasteiger partial charge in [0.2, 0.25) is 5.91 Å². The number of carbonyl (C=O) groups is 1. The topological polar surface area (TPSA) is 140 Å². The highest BCUT2D eigenvalue weighted by molar-refractivity contribution is 5.99. The van der Waals surface area contributed by atoms with E-state index in [0.717, 1.165) is 38.8 Å². The quantitative estimate of drug-likeness (QED) is 0.123. The first-order valence-corrected chi connectivity index (χ1v) is 15.2. The van der Waals surface area contributed by atoms with Crippen LogP contribution in [-0.4, -0.2) is 23.2 Å². The van der Waals surface area contributed by atoms with Gasteiger partial charge in [-0.05, 0) is 103 Å². The Hall–Kier alpha value is -6.29. The molecule has 0 aliphatic carbocycles. The fourth-order valence-corrected chi connectivity index (χ4v) is 5.63. The van der Waals surface area contributed by atoms with E-state index in [1.54, 1.807) is 18.2 Å². The highest BCUT2D eigenvalue weighted by Gasteiger charge is 2.15. The van der Waals surface area contributed by atoms with Crippen molar-refractivity contribution in [1.82, 2.24) is 0 Å². The Morgan fingerprint density at radius 1 is 0.708 bits per heavy atom. The molecule has 0 spiro atoms. The number of hydrogen-bond acceptors (Lipinski definition) is 9. The van der Waals surface area contributed by atoms with Gasteiger partial charge in [0.15, 0.2) is 5.75 Å². The number of aromatic hydroxyl groups is 2. The van der Waals surface area contributed by atoms with E-state index in [4.69, 9.17) is 4.74 Å². The molecule has 0 heterocycles. The molecule has 240 valence electrons. The molecular formula is C38H34N6O4. The monoisotopic (exact) mass is 638 g/mol. The van der Waals surface area contributed by atoms with Gasteiger partial charge in [-0.2, -0.15) is 0 Å². The summed E-state index contributed by atoms with van der Waals surface area (Å²) in [6.07, 6.45) is 0. The van der Waals surface area contributed by atoms with Crippen molar-refractivity contribution in [3.63, 3.8) is 0 Å². The van der Waals surface area contributed by atoms with Crippen LogP contribution in [0.1, 0.15) is 23.6 Å². The number of benzene rings is 6. The minimum absolute atomic E-state index is 0.00434. The third-order valence-electron chi connectivity index (χ3n) is 7.77. The fraction of sp³-hybridized carbons (Fsp3) is 0.132. The lowest BCUT2D eigenvalue weighted by Gasteiger charge is -2.12. The van der Waals surface area contributed by atoms with Crippen molar-refractivity contribution >= 4 is 67.3 Å². The molecule has 0 unspecified atom stereocenters. The maximum absolute atomic E-state index is 12.2. The zero-order valence-electron chi connectivity index (χ0n) is 27.2.